The minimum atomic E-state index is 0.689. The molecule has 96 valence electrons. The summed E-state index contributed by atoms with van der Waals surface area (Å²) in [5.41, 5.74) is 0. The Morgan fingerprint density at radius 3 is 2.69 bits per heavy atom. The fourth-order valence-electron chi connectivity index (χ4n) is 2.41. The average Bonchev–Trinajstić information content (AvgIpc) is 2.26. The second kappa shape index (κ2) is 7.88. The molecule has 1 fully saturated rings. The van der Waals surface area contributed by atoms with Crippen LogP contribution >= 0.6 is 22.6 Å². The molecule has 3 heteroatoms. The number of piperidine rings is 1. The van der Waals surface area contributed by atoms with E-state index in [1.165, 1.54) is 43.2 Å². The number of nitrogens with zero attached hydrogens (tertiary/aromatic N) is 1. The van der Waals surface area contributed by atoms with Gasteiger partial charge in [0.1, 0.15) is 0 Å². The topological polar surface area (TPSA) is 15.3 Å². The summed E-state index contributed by atoms with van der Waals surface area (Å²) in [6, 6.07) is 1.51. The molecule has 0 radical (unpaired) electrons. The van der Waals surface area contributed by atoms with Gasteiger partial charge in [-0.1, -0.05) is 42.9 Å². The lowest BCUT2D eigenvalue weighted by atomic mass is 9.99. The summed E-state index contributed by atoms with van der Waals surface area (Å²) in [4.78, 5) is 2.54. The average molecular weight is 338 g/mol. The van der Waals surface area contributed by atoms with Gasteiger partial charge in [0.25, 0.3) is 0 Å². The Morgan fingerprint density at radius 2 is 2.12 bits per heavy atom. The molecule has 1 N–H and O–H groups in total. The number of rotatable bonds is 6. The summed E-state index contributed by atoms with van der Waals surface area (Å²) in [6.45, 7) is 7.09. The molecule has 0 spiro atoms. The van der Waals surface area contributed by atoms with E-state index < -0.39 is 0 Å². The zero-order chi connectivity index (χ0) is 12.0. The van der Waals surface area contributed by atoms with Crippen LogP contribution < -0.4 is 5.32 Å². The minimum Gasteiger partial charge on any atom is -0.313 e. The molecule has 2 atom stereocenters. The number of nitrogens with one attached hydrogen (secondary N) is 1. The van der Waals surface area contributed by atoms with Gasteiger partial charge in [0, 0.05) is 16.5 Å². The Balaban J connectivity index is 2.18. The molecule has 1 rings (SSSR count). The number of halogens is 1. The molecule has 1 aliphatic rings. The Morgan fingerprint density at radius 1 is 1.38 bits per heavy atom. The van der Waals surface area contributed by atoms with Crippen molar-refractivity contribution in [3.05, 3.63) is 0 Å². The summed E-state index contributed by atoms with van der Waals surface area (Å²) >= 11 is 2.49. The fourth-order valence-corrected chi connectivity index (χ4v) is 3.74. The maximum Gasteiger partial charge on any atom is 0.0180 e. The Kier molecular flexibility index (Phi) is 7.24. The molecule has 1 heterocycles. The van der Waals surface area contributed by atoms with Gasteiger partial charge < -0.3 is 10.2 Å². The van der Waals surface area contributed by atoms with Crippen molar-refractivity contribution < 1.29 is 0 Å². The highest BCUT2D eigenvalue weighted by atomic mass is 127. The molecule has 0 bridgehead atoms. The van der Waals surface area contributed by atoms with E-state index in [4.69, 9.17) is 0 Å². The van der Waals surface area contributed by atoms with E-state index in [1.807, 2.05) is 0 Å². The van der Waals surface area contributed by atoms with E-state index in [2.05, 4.69) is 53.7 Å². The molecule has 16 heavy (non-hydrogen) atoms. The molecule has 0 amide bonds. The van der Waals surface area contributed by atoms with Crippen LogP contribution in [0.5, 0.6) is 0 Å². The molecule has 0 aromatic heterocycles. The second-order valence-corrected chi connectivity index (χ2v) is 6.26. The van der Waals surface area contributed by atoms with E-state index in [0.29, 0.717) is 6.04 Å². The van der Waals surface area contributed by atoms with Crippen LogP contribution in [0.1, 0.15) is 39.5 Å². The molecule has 0 saturated carbocycles. The van der Waals surface area contributed by atoms with Crippen molar-refractivity contribution in [1.29, 1.82) is 0 Å². The predicted molar refractivity (Wildman–Crippen MR) is 80.4 cm³/mol. The van der Waals surface area contributed by atoms with Crippen LogP contribution in [-0.2, 0) is 0 Å². The largest absolute Gasteiger partial charge is 0.313 e. The first-order chi connectivity index (χ1) is 7.65. The number of hydrogen-bond donors (Lipinski definition) is 1. The molecule has 2 nitrogen and oxygen atoms in total. The lowest BCUT2D eigenvalue weighted by molar-refractivity contribution is 0.174. The van der Waals surface area contributed by atoms with E-state index in [1.54, 1.807) is 0 Å². The van der Waals surface area contributed by atoms with Gasteiger partial charge in [-0.3, -0.25) is 0 Å². The lowest BCUT2D eigenvalue weighted by Crippen LogP contribution is -2.41. The first-order valence-corrected chi connectivity index (χ1v) is 8.17. The minimum absolute atomic E-state index is 0.689. The highest BCUT2D eigenvalue weighted by molar-refractivity contribution is 14.1. The van der Waals surface area contributed by atoms with Crippen molar-refractivity contribution >= 4 is 22.6 Å². The number of alkyl halides is 1. The smallest absolute Gasteiger partial charge is 0.0180 e. The van der Waals surface area contributed by atoms with Crippen molar-refractivity contribution in [3.63, 3.8) is 0 Å². The lowest BCUT2D eigenvalue weighted by Gasteiger charge is -2.33. The van der Waals surface area contributed by atoms with E-state index in [9.17, 15) is 0 Å². The molecule has 0 aromatic carbocycles. The van der Waals surface area contributed by atoms with Crippen LogP contribution in [0.4, 0.5) is 0 Å². The highest BCUT2D eigenvalue weighted by Crippen LogP contribution is 2.17. The normalized spacial score (nSPS) is 24.9. The van der Waals surface area contributed by atoms with E-state index in [0.717, 1.165) is 12.0 Å². The van der Waals surface area contributed by atoms with E-state index in [-0.39, 0.29) is 0 Å². The van der Waals surface area contributed by atoms with Crippen LogP contribution in [-0.4, -0.2) is 41.5 Å². The van der Waals surface area contributed by atoms with Crippen LogP contribution in [0.25, 0.3) is 0 Å². The first-order valence-electron chi connectivity index (χ1n) is 6.64. The number of hydrogen-bond acceptors (Lipinski definition) is 2. The zero-order valence-corrected chi connectivity index (χ0v) is 13.2. The van der Waals surface area contributed by atoms with Gasteiger partial charge in [0.05, 0.1) is 0 Å². The molecule has 1 aliphatic heterocycles. The van der Waals surface area contributed by atoms with Crippen LogP contribution in [0.15, 0.2) is 0 Å². The Bertz CT molecular complexity index is 185. The van der Waals surface area contributed by atoms with Gasteiger partial charge in [-0.15, -0.1) is 0 Å². The molecule has 2 unspecified atom stereocenters. The van der Waals surface area contributed by atoms with Gasteiger partial charge in [0.15, 0.2) is 0 Å². The van der Waals surface area contributed by atoms with Crippen molar-refractivity contribution in [3.8, 4) is 0 Å². The van der Waals surface area contributed by atoms with Gasteiger partial charge >= 0.3 is 0 Å². The van der Waals surface area contributed by atoms with Gasteiger partial charge in [-0.25, -0.2) is 0 Å². The third kappa shape index (κ3) is 4.88. The van der Waals surface area contributed by atoms with Crippen molar-refractivity contribution in [2.75, 3.05) is 24.6 Å². The maximum absolute atomic E-state index is 3.70. The summed E-state index contributed by atoms with van der Waals surface area (Å²) in [6.07, 6.45) is 5.53. The van der Waals surface area contributed by atoms with Crippen LogP contribution in [0.3, 0.4) is 0 Å². The zero-order valence-electron chi connectivity index (χ0n) is 11.0. The van der Waals surface area contributed by atoms with E-state index >= 15 is 0 Å². The summed E-state index contributed by atoms with van der Waals surface area (Å²) in [5, 5.41) is 3.70. The molecular formula is C13H27IN2. The van der Waals surface area contributed by atoms with Gasteiger partial charge in [0.2, 0.25) is 0 Å². The molecule has 0 aromatic rings. The first kappa shape index (κ1) is 14.7. The Hall–Kier alpha value is 0.650. The summed E-state index contributed by atoms with van der Waals surface area (Å²) in [5.74, 6) is 0.751. The molecule has 1 saturated heterocycles. The van der Waals surface area contributed by atoms with Crippen molar-refractivity contribution in [1.82, 2.24) is 10.2 Å². The molecular weight excluding hydrogens is 311 g/mol. The maximum atomic E-state index is 3.70. The fraction of sp³-hybridized carbons (Fsp3) is 1.00. The van der Waals surface area contributed by atoms with Crippen molar-refractivity contribution in [2.24, 2.45) is 5.92 Å². The quantitative estimate of drug-likeness (QED) is 0.592. The SMILES string of the molecule is CC(C)C(CI)NCCC1CCCCN1C. The van der Waals surface area contributed by atoms with Gasteiger partial charge in [-0.2, -0.15) is 0 Å². The Labute approximate surface area is 115 Å². The second-order valence-electron chi connectivity index (χ2n) is 5.38. The highest BCUT2D eigenvalue weighted by Gasteiger charge is 2.19. The monoisotopic (exact) mass is 338 g/mol. The third-order valence-electron chi connectivity index (χ3n) is 3.78. The molecule has 0 aliphatic carbocycles. The summed E-state index contributed by atoms with van der Waals surface area (Å²) in [7, 11) is 2.28. The number of likely N-dealkylation sites (tertiary alicyclic amines) is 1. The van der Waals surface area contributed by atoms with Crippen LogP contribution in [0, 0.1) is 5.92 Å². The predicted octanol–water partition coefficient (Wildman–Crippen LogP) is 2.91. The standard InChI is InChI=1S/C13H27IN2/c1-11(2)13(10-14)15-8-7-12-6-4-5-9-16(12)3/h11-13,15H,4-10H2,1-3H3. The van der Waals surface area contributed by atoms with Gasteiger partial charge in [-0.05, 0) is 45.3 Å². The third-order valence-corrected chi connectivity index (χ3v) is 4.73. The summed E-state index contributed by atoms with van der Waals surface area (Å²) < 4.78 is 1.22. The van der Waals surface area contributed by atoms with Crippen LogP contribution in [0.2, 0.25) is 0 Å². The van der Waals surface area contributed by atoms with Crippen molar-refractivity contribution in [2.45, 2.75) is 51.6 Å².